The molecule has 4 rings (SSSR count). The van der Waals surface area contributed by atoms with Gasteiger partial charge in [0.15, 0.2) is 0 Å². The van der Waals surface area contributed by atoms with Gasteiger partial charge in [-0.25, -0.2) is 0 Å². The van der Waals surface area contributed by atoms with Crippen LogP contribution in [-0.2, 0) is 0 Å². The maximum absolute atomic E-state index is 3.44. The van der Waals surface area contributed by atoms with Gasteiger partial charge in [0.25, 0.3) is 0 Å². The van der Waals surface area contributed by atoms with Crippen molar-refractivity contribution in [2.45, 2.75) is 155 Å². The molecule has 0 saturated carbocycles. The van der Waals surface area contributed by atoms with Crippen LogP contribution in [0.4, 0.5) is 0 Å². The smallest absolute Gasteiger partial charge is 0.0251 e. The van der Waals surface area contributed by atoms with Gasteiger partial charge in [-0.1, -0.05) is 165 Å². The summed E-state index contributed by atoms with van der Waals surface area (Å²) in [5.74, 6) is 13.7. The SMILES string of the molecule is CCCCCCCCCCCCC#Cc1ccc2cc3cc4cc(C#CCCCCCCCCCCCC)ccc4cc3cc2c1. The highest BCUT2D eigenvalue weighted by atomic mass is 14.1. The molecule has 4 aromatic carbocycles. The van der Waals surface area contributed by atoms with Crippen LogP contribution < -0.4 is 0 Å². The summed E-state index contributed by atoms with van der Waals surface area (Å²) in [6, 6.07) is 22.7. The summed E-state index contributed by atoms with van der Waals surface area (Å²) in [7, 11) is 0. The van der Waals surface area contributed by atoms with Crippen molar-refractivity contribution in [1.29, 1.82) is 0 Å². The topological polar surface area (TPSA) is 0 Å². The predicted molar refractivity (Wildman–Crippen MR) is 206 cm³/mol. The normalized spacial score (nSPS) is 11.1. The summed E-state index contributed by atoms with van der Waals surface area (Å²) < 4.78 is 0. The van der Waals surface area contributed by atoms with E-state index in [9.17, 15) is 0 Å². The van der Waals surface area contributed by atoms with Crippen LogP contribution in [0, 0.1) is 23.7 Å². The summed E-state index contributed by atoms with van der Waals surface area (Å²) >= 11 is 0. The summed E-state index contributed by atoms with van der Waals surface area (Å²) in [5.41, 5.74) is 2.25. The van der Waals surface area contributed by atoms with E-state index in [2.05, 4.69) is 98.2 Å². The van der Waals surface area contributed by atoms with Crippen molar-refractivity contribution in [1.82, 2.24) is 0 Å². The first-order chi connectivity index (χ1) is 22.8. The van der Waals surface area contributed by atoms with Gasteiger partial charge in [-0.15, -0.1) is 0 Å². The maximum atomic E-state index is 3.44. The van der Waals surface area contributed by atoms with Crippen LogP contribution in [0.1, 0.15) is 166 Å². The first-order valence-electron chi connectivity index (χ1n) is 19.2. The van der Waals surface area contributed by atoms with Gasteiger partial charge in [0.1, 0.15) is 0 Å². The first kappa shape index (κ1) is 35.6. The van der Waals surface area contributed by atoms with E-state index in [-0.39, 0.29) is 0 Å². The van der Waals surface area contributed by atoms with Crippen molar-refractivity contribution >= 4 is 32.3 Å². The lowest BCUT2D eigenvalue weighted by Gasteiger charge is -2.06. The van der Waals surface area contributed by atoms with Crippen LogP contribution in [0.15, 0.2) is 60.7 Å². The Morgan fingerprint density at radius 1 is 0.326 bits per heavy atom. The van der Waals surface area contributed by atoms with Crippen molar-refractivity contribution < 1.29 is 0 Å². The van der Waals surface area contributed by atoms with Gasteiger partial charge in [0, 0.05) is 24.0 Å². The zero-order valence-electron chi connectivity index (χ0n) is 29.3. The Labute approximate surface area is 282 Å². The van der Waals surface area contributed by atoms with E-state index in [1.165, 1.54) is 161 Å². The minimum absolute atomic E-state index is 1.00. The molecular weight excluding hydrogens is 553 g/mol. The van der Waals surface area contributed by atoms with Gasteiger partial charge < -0.3 is 0 Å². The molecule has 0 aliphatic heterocycles. The Kier molecular flexibility index (Phi) is 16.7. The molecule has 46 heavy (non-hydrogen) atoms. The molecule has 0 aromatic heterocycles. The molecule has 0 radical (unpaired) electrons. The van der Waals surface area contributed by atoms with Crippen molar-refractivity contribution in [2.24, 2.45) is 0 Å². The van der Waals surface area contributed by atoms with Gasteiger partial charge >= 0.3 is 0 Å². The number of fused-ring (bicyclic) bond motifs is 3. The predicted octanol–water partition coefficient (Wildman–Crippen LogP) is 14.5. The molecular formula is C46H60. The van der Waals surface area contributed by atoms with Crippen molar-refractivity contribution in [2.75, 3.05) is 0 Å². The molecule has 0 bridgehead atoms. The van der Waals surface area contributed by atoms with E-state index in [4.69, 9.17) is 0 Å². The lowest BCUT2D eigenvalue weighted by molar-refractivity contribution is 0.558. The molecule has 0 spiro atoms. The Morgan fingerprint density at radius 3 is 1.00 bits per heavy atom. The highest BCUT2D eigenvalue weighted by molar-refractivity contribution is 6.05. The summed E-state index contributed by atoms with van der Waals surface area (Å²) in [5, 5.41) is 7.67. The zero-order chi connectivity index (χ0) is 32.1. The lowest BCUT2D eigenvalue weighted by atomic mass is 9.98. The molecule has 0 heteroatoms. The summed E-state index contributed by atoms with van der Waals surface area (Å²) in [6.07, 6.45) is 29.4. The lowest BCUT2D eigenvalue weighted by Crippen LogP contribution is -1.83. The molecule has 0 aliphatic rings. The largest absolute Gasteiger partial charge is 0.0979 e. The van der Waals surface area contributed by atoms with E-state index in [0.29, 0.717) is 0 Å². The summed E-state index contributed by atoms with van der Waals surface area (Å²) in [4.78, 5) is 0. The Hall–Kier alpha value is -3.22. The van der Waals surface area contributed by atoms with Crippen LogP contribution >= 0.6 is 0 Å². The monoisotopic (exact) mass is 612 g/mol. The fraction of sp³-hybridized carbons (Fsp3) is 0.522. The standard InChI is InChI=1S/C46H60/c1-3-5-7-9-11-13-15-17-19-21-23-25-27-39-29-31-41-35-46-38-44-34-40(30-32-42(44)36-45(46)37-43(41)33-39)28-26-24-22-20-18-16-14-12-10-8-6-4-2/h29-38H,3-24H2,1-2H3. The number of rotatable bonds is 20. The number of benzene rings is 4. The molecule has 0 aliphatic carbocycles. The Morgan fingerprint density at radius 2 is 0.630 bits per heavy atom. The minimum Gasteiger partial charge on any atom is -0.0979 e. The number of hydrogen-bond acceptors (Lipinski definition) is 0. The van der Waals surface area contributed by atoms with Gasteiger partial charge in [-0.2, -0.15) is 0 Å². The molecule has 4 aromatic rings. The molecule has 0 fully saturated rings. The number of unbranched alkanes of at least 4 members (excludes halogenated alkanes) is 20. The van der Waals surface area contributed by atoms with E-state index >= 15 is 0 Å². The maximum Gasteiger partial charge on any atom is 0.0251 e. The minimum atomic E-state index is 1.00. The van der Waals surface area contributed by atoms with Gasteiger partial charge in [-0.05, 0) is 93.7 Å². The third kappa shape index (κ3) is 12.9. The first-order valence-corrected chi connectivity index (χ1v) is 19.2. The molecule has 0 amide bonds. The highest BCUT2D eigenvalue weighted by Gasteiger charge is 2.03. The molecule has 0 saturated heterocycles. The third-order valence-corrected chi connectivity index (χ3v) is 9.53. The van der Waals surface area contributed by atoms with E-state index in [0.717, 1.165) is 24.0 Å². The quantitative estimate of drug-likeness (QED) is 0.0529. The third-order valence-electron chi connectivity index (χ3n) is 9.53. The van der Waals surface area contributed by atoms with E-state index in [1.807, 2.05) is 0 Å². The second-order valence-corrected chi connectivity index (χ2v) is 13.6. The molecule has 0 unspecified atom stereocenters. The van der Waals surface area contributed by atoms with Gasteiger partial charge in [0.2, 0.25) is 0 Å². The second-order valence-electron chi connectivity index (χ2n) is 13.6. The van der Waals surface area contributed by atoms with Crippen LogP contribution in [0.5, 0.6) is 0 Å². The molecule has 0 atom stereocenters. The van der Waals surface area contributed by atoms with E-state index < -0.39 is 0 Å². The average Bonchev–Trinajstić information content (AvgIpc) is 3.07. The van der Waals surface area contributed by atoms with Gasteiger partial charge in [-0.3, -0.25) is 0 Å². The van der Waals surface area contributed by atoms with Gasteiger partial charge in [0.05, 0.1) is 0 Å². The number of hydrogen-bond donors (Lipinski definition) is 0. The van der Waals surface area contributed by atoms with Crippen LogP contribution in [0.25, 0.3) is 32.3 Å². The average molecular weight is 613 g/mol. The zero-order valence-corrected chi connectivity index (χ0v) is 29.3. The fourth-order valence-corrected chi connectivity index (χ4v) is 6.64. The highest BCUT2D eigenvalue weighted by Crippen LogP contribution is 2.28. The molecule has 0 N–H and O–H groups in total. The van der Waals surface area contributed by atoms with Crippen molar-refractivity contribution in [3.05, 3.63) is 71.8 Å². The van der Waals surface area contributed by atoms with Crippen LogP contribution in [0.3, 0.4) is 0 Å². The van der Waals surface area contributed by atoms with E-state index in [1.54, 1.807) is 0 Å². The van der Waals surface area contributed by atoms with Crippen LogP contribution in [-0.4, -0.2) is 0 Å². The second kappa shape index (κ2) is 21.6. The van der Waals surface area contributed by atoms with Crippen molar-refractivity contribution in [3.8, 4) is 23.7 Å². The van der Waals surface area contributed by atoms with Crippen LogP contribution in [0.2, 0.25) is 0 Å². The molecule has 0 nitrogen and oxygen atoms in total. The molecule has 0 heterocycles. The Bertz CT molecular complexity index is 1460. The molecule has 244 valence electrons. The van der Waals surface area contributed by atoms with Crippen molar-refractivity contribution in [3.63, 3.8) is 0 Å². The summed E-state index contributed by atoms with van der Waals surface area (Å²) in [6.45, 7) is 4.58. The Balaban J connectivity index is 1.23. The fourth-order valence-electron chi connectivity index (χ4n) is 6.64.